The number of nitrogens with one attached hydrogen (secondary N) is 2. The summed E-state index contributed by atoms with van der Waals surface area (Å²) in [5, 5.41) is 13.2. The van der Waals surface area contributed by atoms with Crippen molar-refractivity contribution in [1.29, 1.82) is 0 Å². The lowest BCUT2D eigenvalue weighted by atomic mass is 10.0. The number of aromatic amines is 2. The number of benzene rings is 1. The fourth-order valence-electron chi connectivity index (χ4n) is 3.92. The third-order valence-electron chi connectivity index (χ3n) is 5.47. The van der Waals surface area contributed by atoms with Gasteiger partial charge in [0.1, 0.15) is 11.2 Å². The molecule has 0 spiro atoms. The number of rotatable bonds is 3. The maximum Gasteiger partial charge on any atom is 0.135 e. The van der Waals surface area contributed by atoms with E-state index in [0.717, 1.165) is 44.8 Å². The summed E-state index contributed by atoms with van der Waals surface area (Å²) in [5.41, 5.74) is 10.1. The summed E-state index contributed by atoms with van der Waals surface area (Å²) in [5.74, 6) is 0. The summed E-state index contributed by atoms with van der Waals surface area (Å²) >= 11 is 1.71. The SMILES string of the molecule is Cc1ccncc1-c1ccc2[nH]nc(-c3cc4c(-c5ccsc5)cccc4[nH]3)c2n1. The number of aromatic nitrogens is 5. The third kappa shape index (κ3) is 2.65. The van der Waals surface area contributed by atoms with E-state index in [4.69, 9.17) is 4.98 Å². The minimum absolute atomic E-state index is 0.820. The van der Waals surface area contributed by atoms with Crippen LogP contribution in [-0.2, 0) is 0 Å². The van der Waals surface area contributed by atoms with Gasteiger partial charge in [-0.2, -0.15) is 16.4 Å². The van der Waals surface area contributed by atoms with Gasteiger partial charge in [0.05, 0.1) is 16.9 Å². The fourth-order valence-corrected chi connectivity index (χ4v) is 4.58. The molecule has 5 heterocycles. The topological polar surface area (TPSA) is 70.2 Å². The monoisotopic (exact) mass is 407 g/mol. The first-order valence-electron chi connectivity index (χ1n) is 9.69. The quantitative estimate of drug-likeness (QED) is 0.367. The minimum atomic E-state index is 0.820. The highest BCUT2D eigenvalue weighted by molar-refractivity contribution is 7.08. The first-order chi connectivity index (χ1) is 14.8. The molecule has 144 valence electrons. The molecule has 30 heavy (non-hydrogen) atoms. The van der Waals surface area contributed by atoms with Gasteiger partial charge in [0.2, 0.25) is 0 Å². The average Bonchev–Trinajstić information content (AvgIpc) is 3.51. The van der Waals surface area contributed by atoms with E-state index in [-0.39, 0.29) is 0 Å². The molecule has 2 N–H and O–H groups in total. The van der Waals surface area contributed by atoms with E-state index in [2.05, 4.69) is 68.2 Å². The summed E-state index contributed by atoms with van der Waals surface area (Å²) in [4.78, 5) is 12.7. The second kappa shape index (κ2) is 6.64. The van der Waals surface area contributed by atoms with Crippen molar-refractivity contribution in [2.75, 3.05) is 0 Å². The highest BCUT2D eigenvalue weighted by Gasteiger charge is 2.15. The number of nitrogens with zero attached hydrogens (tertiary/aromatic N) is 3. The zero-order valence-electron chi connectivity index (χ0n) is 16.2. The van der Waals surface area contributed by atoms with Gasteiger partial charge in [0.15, 0.2) is 0 Å². The molecule has 5 aromatic heterocycles. The van der Waals surface area contributed by atoms with Crippen molar-refractivity contribution in [1.82, 2.24) is 25.1 Å². The van der Waals surface area contributed by atoms with Crippen molar-refractivity contribution in [3.63, 3.8) is 0 Å². The van der Waals surface area contributed by atoms with Crippen LogP contribution in [0.25, 0.3) is 55.7 Å². The van der Waals surface area contributed by atoms with Crippen molar-refractivity contribution < 1.29 is 0 Å². The Labute approximate surface area is 176 Å². The molecule has 6 rings (SSSR count). The summed E-state index contributed by atoms with van der Waals surface area (Å²) < 4.78 is 0. The Kier molecular flexibility index (Phi) is 3.79. The molecule has 0 unspecified atom stereocenters. The summed E-state index contributed by atoms with van der Waals surface area (Å²) in [6.07, 6.45) is 3.66. The van der Waals surface area contributed by atoms with Crippen LogP contribution < -0.4 is 0 Å². The van der Waals surface area contributed by atoms with Crippen molar-refractivity contribution in [2.45, 2.75) is 6.92 Å². The van der Waals surface area contributed by atoms with Crippen molar-refractivity contribution >= 4 is 33.3 Å². The number of hydrogen-bond donors (Lipinski definition) is 2. The number of pyridine rings is 2. The molecule has 0 saturated heterocycles. The first-order valence-corrected chi connectivity index (χ1v) is 10.6. The second-order valence-electron chi connectivity index (χ2n) is 7.32. The highest BCUT2D eigenvalue weighted by atomic mass is 32.1. The fraction of sp³-hybridized carbons (Fsp3) is 0.0417. The molecule has 0 fully saturated rings. The third-order valence-corrected chi connectivity index (χ3v) is 6.16. The predicted octanol–water partition coefficient (Wildman–Crippen LogP) is 6.21. The summed E-state index contributed by atoms with van der Waals surface area (Å²) in [7, 11) is 0. The predicted molar refractivity (Wildman–Crippen MR) is 122 cm³/mol. The van der Waals surface area contributed by atoms with Crippen molar-refractivity contribution in [3.05, 3.63) is 77.2 Å². The molecule has 0 aliphatic carbocycles. The van der Waals surface area contributed by atoms with Gasteiger partial charge < -0.3 is 4.98 Å². The zero-order chi connectivity index (χ0) is 20.1. The van der Waals surface area contributed by atoms with Crippen LogP contribution in [0, 0.1) is 6.92 Å². The van der Waals surface area contributed by atoms with Gasteiger partial charge in [-0.15, -0.1) is 0 Å². The van der Waals surface area contributed by atoms with E-state index in [9.17, 15) is 0 Å². The van der Waals surface area contributed by atoms with Gasteiger partial charge in [-0.05, 0) is 70.8 Å². The van der Waals surface area contributed by atoms with Crippen LogP contribution in [0.2, 0.25) is 0 Å². The van der Waals surface area contributed by atoms with Crippen LogP contribution in [-0.4, -0.2) is 25.1 Å². The lowest BCUT2D eigenvalue weighted by molar-refractivity contribution is 1.12. The van der Waals surface area contributed by atoms with Gasteiger partial charge in [0.25, 0.3) is 0 Å². The van der Waals surface area contributed by atoms with E-state index >= 15 is 0 Å². The second-order valence-corrected chi connectivity index (χ2v) is 8.10. The molecule has 0 amide bonds. The molecule has 0 radical (unpaired) electrons. The molecule has 6 aromatic rings. The first kappa shape index (κ1) is 17.1. The lowest BCUT2D eigenvalue weighted by Gasteiger charge is -2.04. The Morgan fingerprint density at radius 3 is 2.80 bits per heavy atom. The summed E-state index contributed by atoms with van der Waals surface area (Å²) in [6, 6.07) is 16.7. The maximum atomic E-state index is 4.93. The molecule has 0 bridgehead atoms. The Bertz CT molecular complexity index is 1510. The van der Waals surface area contributed by atoms with Crippen LogP contribution in [0.3, 0.4) is 0 Å². The van der Waals surface area contributed by atoms with Crippen LogP contribution in [0.1, 0.15) is 5.56 Å². The van der Waals surface area contributed by atoms with Gasteiger partial charge in [0, 0.05) is 28.9 Å². The van der Waals surface area contributed by atoms with Crippen LogP contribution in [0.15, 0.2) is 71.7 Å². The standard InChI is InChI=1S/C24H17N5S/c1-14-7-9-25-12-18(14)20-5-6-21-23(27-20)24(29-28-21)22-11-17-16(15-8-10-30-13-15)3-2-4-19(17)26-22/h2-13,26H,1H3,(H,28,29). The molecule has 0 aliphatic rings. The molecular weight excluding hydrogens is 390 g/mol. The van der Waals surface area contributed by atoms with E-state index in [1.165, 1.54) is 16.5 Å². The van der Waals surface area contributed by atoms with Crippen molar-refractivity contribution in [3.8, 4) is 33.8 Å². The average molecular weight is 408 g/mol. The number of aryl methyl sites for hydroxylation is 1. The molecule has 0 atom stereocenters. The number of hydrogen-bond acceptors (Lipinski definition) is 4. The van der Waals surface area contributed by atoms with Crippen molar-refractivity contribution in [2.24, 2.45) is 0 Å². The largest absolute Gasteiger partial charge is 0.353 e. The normalized spacial score (nSPS) is 11.5. The van der Waals surface area contributed by atoms with Crippen LogP contribution in [0.4, 0.5) is 0 Å². The zero-order valence-corrected chi connectivity index (χ0v) is 17.0. The van der Waals surface area contributed by atoms with Gasteiger partial charge in [-0.3, -0.25) is 10.1 Å². The van der Waals surface area contributed by atoms with E-state index in [1.54, 1.807) is 17.5 Å². The van der Waals surface area contributed by atoms with Crippen LogP contribution in [0.5, 0.6) is 0 Å². The Hall–Kier alpha value is -3.77. The number of thiophene rings is 1. The van der Waals surface area contributed by atoms with Gasteiger partial charge in [-0.25, -0.2) is 4.98 Å². The Balaban J connectivity index is 1.53. The maximum absolute atomic E-state index is 4.93. The number of H-pyrrole nitrogens is 2. The smallest absolute Gasteiger partial charge is 0.135 e. The Morgan fingerprint density at radius 2 is 1.93 bits per heavy atom. The van der Waals surface area contributed by atoms with E-state index < -0.39 is 0 Å². The van der Waals surface area contributed by atoms with Gasteiger partial charge in [-0.1, -0.05) is 12.1 Å². The molecule has 0 saturated carbocycles. The molecule has 1 aromatic carbocycles. The number of fused-ring (bicyclic) bond motifs is 2. The van der Waals surface area contributed by atoms with E-state index in [1.807, 2.05) is 24.4 Å². The summed E-state index contributed by atoms with van der Waals surface area (Å²) in [6.45, 7) is 2.07. The van der Waals surface area contributed by atoms with Gasteiger partial charge >= 0.3 is 0 Å². The minimum Gasteiger partial charge on any atom is -0.353 e. The highest BCUT2D eigenvalue weighted by Crippen LogP contribution is 2.35. The molecule has 0 aliphatic heterocycles. The van der Waals surface area contributed by atoms with E-state index in [0.29, 0.717) is 0 Å². The molecule has 6 heteroatoms. The van der Waals surface area contributed by atoms with Crippen LogP contribution >= 0.6 is 11.3 Å². The Morgan fingerprint density at radius 1 is 0.967 bits per heavy atom. The lowest BCUT2D eigenvalue weighted by Crippen LogP contribution is -1.89. The molecular formula is C24H17N5S. The molecule has 5 nitrogen and oxygen atoms in total.